The number of halogens is 2. The molecule has 0 unspecified atom stereocenters. The third kappa shape index (κ3) is 4.87. The van der Waals surface area contributed by atoms with Crippen molar-refractivity contribution in [3.8, 4) is 0 Å². The summed E-state index contributed by atoms with van der Waals surface area (Å²) in [5.41, 5.74) is 3.02. The summed E-state index contributed by atoms with van der Waals surface area (Å²) in [4.78, 5) is 0. The molecule has 0 atom stereocenters. The van der Waals surface area contributed by atoms with Crippen molar-refractivity contribution in [1.82, 2.24) is 0 Å². The van der Waals surface area contributed by atoms with E-state index >= 15 is 0 Å². The van der Waals surface area contributed by atoms with Crippen molar-refractivity contribution in [1.29, 1.82) is 0 Å². The number of hydrogen-bond donors (Lipinski definition) is 2. The van der Waals surface area contributed by atoms with Crippen molar-refractivity contribution >= 4 is 51.9 Å². The number of anilines is 2. The van der Waals surface area contributed by atoms with Gasteiger partial charge in [0.25, 0.3) is 0 Å². The number of nitrogens with one attached hydrogen (secondary N) is 2. The third-order valence-electron chi connectivity index (χ3n) is 3.24. The molecule has 22 heavy (non-hydrogen) atoms. The summed E-state index contributed by atoms with van der Waals surface area (Å²) < 4.78 is 0. The van der Waals surface area contributed by atoms with Crippen LogP contribution in [0, 0.1) is 0 Å². The molecule has 5 heteroatoms. The van der Waals surface area contributed by atoms with Gasteiger partial charge in [-0.15, -0.1) is 0 Å². The lowest BCUT2D eigenvalue weighted by atomic mass is 10.1. The summed E-state index contributed by atoms with van der Waals surface area (Å²) in [6, 6.07) is 13.5. The van der Waals surface area contributed by atoms with Gasteiger partial charge in [0.15, 0.2) is 5.11 Å². The Kier molecular flexibility index (Phi) is 6.49. The second-order valence-corrected chi connectivity index (χ2v) is 6.22. The lowest BCUT2D eigenvalue weighted by Gasteiger charge is -2.15. The SMILES string of the molecule is CCCCc1ccccc1NC(=S)Nc1ccc(Cl)cc1Cl. The third-order valence-corrected chi connectivity index (χ3v) is 4.00. The van der Waals surface area contributed by atoms with E-state index in [1.165, 1.54) is 5.56 Å². The number of unbranched alkanes of at least 4 members (excludes halogenated alkanes) is 1. The summed E-state index contributed by atoms with van der Waals surface area (Å²) in [5, 5.41) is 7.98. The first-order chi connectivity index (χ1) is 10.6. The fourth-order valence-corrected chi connectivity index (χ4v) is 2.77. The molecule has 0 aliphatic rings. The quantitative estimate of drug-likeness (QED) is 0.631. The molecular formula is C17H18Cl2N2S. The van der Waals surface area contributed by atoms with Crippen molar-refractivity contribution in [3.63, 3.8) is 0 Å². The molecule has 2 aromatic rings. The van der Waals surface area contributed by atoms with Gasteiger partial charge in [-0.05, 0) is 54.9 Å². The van der Waals surface area contributed by atoms with Crippen LogP contribution in [0.1, 0.15) is 25.3 Å². The van der Waals surface area contributed by atoms with Crippen LogP contribution < -0.4 is 10.6 Å². The smallest absolute Gasteiger partial charge is 0.175 e. The molecule has 0 spiro atoms. The predicted molar refractivity (Wildman–Crippen MR) is 101 cm³/mol. The van der Waals surface area contributed by atoms with Gasteiger partial charge in [-0.2, -0.15) is 0 Å². The average molecular weight is 353 g/mol. The molecule has 0 aromatic heterocycles. The molecule has 2 aromatic carbocycles. The van der Waals surface area contributed by atoms with Gasteiger partial charge in [-0.3, -0.25) is 0 Å². The molecule has 0 fully saturated rings. The normalized spacial score (nSPS) is 10.3. The molecular weight excluding hydrogens is 335 g/mol. The second kappa shape index (κ2) is 8.37. The Labute approximate surface area is 146 Å². The molecule has 0 aliphatic carbocycles. The van der Waals surface area contributed by atoms with Crippen molar-refractivity contribution < 1.29 is 0 Å². The second-order valence-electron chi connectivity index (χ2n) is 4.96. The van der Waals surface area contributed by atoms with E-state index in [4.69, 9.17) is 35.4 Å². The summed E-state index contributed by atoms with van der Waals surface area (Å²) in [5.74, 6) is 0. The zero-order valence-corrected chi connectivity index (χ0v) is 14.7. The van der Waals surface area contributed by atoms with E-state index in [0.29, 0.717) is 15.2 Å². The Morgan fingerprint density at radius 3 is 2.50 bits per heavy atom. The topological polar surface area (TPSA) is 24.1 Å². The standard InChI is InChI=1S/C17H18Cl2N2S/c1-2-3-6-12-7-4-5-8-15(12)20-17(22)21-16-10-9-13(18)11-14(16)19/h4-5,7-11H,2-3,6H2,1H3,(H2,20,21,22). The fraction of sp³-hybridized carbons (Fsp3) is 0.235. The van der Waals surface area contributed by atoms with Gasteiger partial charge in [0.05, 0.1) is 10.7 Å². The van der Waals surface area contributed by atoms with Crippen molar-refractivity contribution in [2.24, 2.45) is 0 Å². The van der Waals surface area contributed by atoms with E-state index in [-0.39, 0.29) is 0 Å². The van der Waals surface area contributed by atoms with Crippen LogP contribution in [0.2, 0.25) is 10.0 Å². The first-order valence-corrected chi connectivity index (χ1v) is 8.37. The molecule has 0 saturated heterocycles. The molecule has 0 heterocycles. The van der Waals surface area contributed by atoms with Crippen LogP contribution in [0.3, 0.4) is 0 Å². The fourth-order valence-electron chi connectivity index (χ4n) is 2.09. The minimum atomic E-state index is 0.508. The maximum absolute atomic E-state index is 6.14. The highest BCUT2D eigenvalue weighted by Crippen LogP contribution is 2.26. The maximum Gasteiger partial charge on any atom is 0.175 e. The zero-order valence-electron chi connectivity index (χ0n) is 12.3. The Bertz CT molecular complexity index is 659. The maximum atomic E-state index is 6.14. The highest BCUT2D eigenvalue weighted by atomic mass is 35.5. The molecule has 2 N–H and O–H groups in total. The van der Waals surface area contributed by atoms with E-state index in [0.717, 1.165) is 30.6 Å². The highest BCUT2D eigenvalue weighted by Gasteiger charge is 2.06. The van der Waals surface area contributed by atoms with E-state index in [9.17, 15) is 0 Å². The highest BCUT2D eigenvalue weighted by molar-refractivity contribution is 7.80. The number of thiocarbonyl (C=S) groups is 1. The minimum absolute atomic E-state index is 0.508. The summed E-state index contributed by atoms with van der Waals surface area (Å²) >= 11 is 17.4. The summed E-state index contributed by atoms with van der Waals surface area (Å²) in [6.45, 7) is 2.19. The van der Waals surface area contributed by atoms with Crippen molar-refractivity contribution in [2.45, 2.75) is 26.2 Å². The largest absolute Gasteiger partial charge is 0.332 e. The molecule has 0 amide bonds. The van der Waals surface area contributed by atoms with E-state index in [1.54, 1.807) is 12.1 Å². The van der Waals surface area contributed by atoms with Gasteiger partial charge in [0.2, 0.25) is 0 Å². The first-order valence-electron chi connectivity index (χ1n) is 7.21. The summed E-state index contributed by atoms with van der Waals surface area (Å²) in [6.07, 6.45) is 3.35. The number of rotatable bonds is 5. The van der Waals surface area contributed by atoms with Gasteiger partial charge in [-0.25, -0.2) is 0 Å². The Balaban J connectivity index is 2.06. The Morgan fingerprint density at radius 2 is 1.77 bits per heavy atom. The van der Waals surface area contributed by atoms with Crippen LogP contribution in [0.25, 0.3) is 0 Å². The van der Waals surface area contributed by atoms with Gasteiger partial charge in [0, 0.05) is 10.7 Å². The van der Waals surface area contributed by atoms with Gasteiger partial charge >= 0.3 is 0 Å². The lowest BCUT2D eigenvalue weighted by Crippen LogP contribution is -2.20. The van der Waals surface area contributed by atoms with E-state index in [2.05, 4.69) is 23.6 Å². The minimum Gasteiger partial charge on any atom is -0.332 e. The van der Waals surface area contributed by atoms with Crippen LogP contribution in [0.4, 0.5) is 11.4 Å². The van der Waals surface area contributed by atoms with Crippen LogP contribution >= 0.6 is 35.4 Å². The zero-order chi connectivity index (χ0) is 15.9. The van der Waals surface area contributed by atoms with Gasteiger partial charge in [-0.1, -0.05) is 54.7 Å². The van der Waals surface area contributed by atoms with Crippen LogP contribution in [-0.4, -0.2) is 5.11 Å². The predicted octanol–water partition coefficient (Wildman–Crippen LogP) is 6.14. The van der Waals surface area contributed by atoms with Gasteiger partial charge in [0.1, 0.15) is 0 Å². The van der Waals surface area contributed by atoms with Crippen LogP contribution in [0.15, 0.2) is 42.5 Å². The molecule has 2 rings (SSSR count). The molecule has 0 saturated carbocycles. The van der Waals surface area contributed by atoms with Crippen LogP contribution in [-0.2, 0) is 6.42 Å². The molecule has 2 nitrogen and oxygen atoms in total. The number of hydrogen-bond acceptors (Lipinski definition) is 1. The lowest BCUT2D eigenvalue weighted by molar-refractivity contribution is 0.796. The number of para-hydroxylation sites is 1. The molecule has 116 valence electrons. The average Bonchev–Trinajstić information content (AvgIpc) is 2.49. The number of benzene rings is 2. The van der Waals surface area contributed by atoms with Crippen molar-refractivity contribution in [2.75, 3.05) is 10.6 Å². The molecule has 0 bridgehead atoms. The molecule has 0 aliphatic heterocycles. The van der Waals surface area contributed by atoms with Gasteiger partial charge < -0.3 is 10.6 Å². The first kappa shape index (κ1) is 17.1. The van der Waals surface area contributed by atoms with Crippen LogP contribution in [0.5, 0.6) is 0 Å². The van der Waals surface area contributed by atoms with E-state index < -0.39 is 0 Å². The summed E-state index contributed by atoms with van der Waals surface area (Å²) in [7, 11) is 0. The Morgan fingerprint density at radius 1 is 1.05 bits per heavy atom. The Hall–Kier alpha value is -1.29. The molecule has 0 radical (unpaired) electrons. The van der Waals surface area contributed by atoms with E-state index in [1.807, 2.05) is 24.3 Å². The number of aryl methyl sites for hydroxylation is 1. The monoisotopic (exact) mass is 352 g/mol. The van der Waals surface area contributed by atoms with Crippen molar-refractivity contribution in [3.05, 3.63) is 58.1 Å².